The molecule has 7 aromatic rings. The molecule has 0 N–H and O–H groups in total. The van der Waals surface area contributed by atoms with E-state index < -0.39 is 0 Å². The summed E-state index contributed by atoms with van der Waals surface area (Å²) in [6, 6.07) is 46.8. The van der Waals surface area contributed by atoms with Crippen LogP contribution in [0.15, 0.2) is 127 Å². The first-order valence-electron chi connectivity index (χ1n) is 13.5. The van der Waals surface area contributed by atoms with Gasteiger partial charge in [0.25, 0.3) is 0 Å². The summed E-state index contributed by atoms with van der Waals surface area (Å²) < 4.78 is 2.65. The first kappa shape index (κ1) is 22.6. The van der Waals surface area contributed by atoms with E-state index in [2.05, 4.69) is 146 Å². The highest BCUT2D eigenvalue weighted by Crippen LogP contribution is 2.53. The fourth-order valence-electron chi connectivity index (χ4n) is 6.61. The van der Waals surface area contributed by atoms with E-state index in [1.54, 1.807) is 0 Å². The Hall–Kier alpha value is -4.40. The number of benzene rings is 6. The van der Waals surface area contributed by atoms with Gasteiger partial charge in [-0.2, -0.15) is 0 Å². The summed E-state index contributed by atoms with van der Waals surface area (Å²) in [5.74, 6) is 0. The highest BCUT2D eigenvalue weighted by molar-refractivity contribution is 7.25. The van der Waals surface area contributed by atoms with Crippen LogP contribution < -0.4 is 4.90 Å². The molecule has 0 radical (unpaired) electrons. The molecule has 8 rings (SSSR count). The Labute approximate surface area is 232 Å². The van der Waals surface area contributed by atoms with Gasteiger partial charge in [0, 0.05) is 42.6 Å². The van der Waals surface area contributed by atoms with Crippen LogP contribution in [0.4, 0.5) is 17.1 Å². The average molecular weight is 518 g/mol. The van der Waals surface area contributed by atoms with Crippen molar-refractivity contribution in [3.63, 3.8) is 0 Å². The molecule has 0 saturated heterocycles. The standard InChI is InChI=1S/C37H27NS/c1-37(2)33-22-26(17-20-29(33)32-19-16-24-10-6-7-13-28(24)36(32)37)38(25-11-4-3-5-12-25)27-18-21-31-30-14-8-9-15-34(30)39-35(31)23-27/h3-23H,1-2H3. The predicted molar refractivity (Wildman–Crippen MR) is 169 cm³/mol. The molecule has 1 heterocycles. The molecule has 39 heavy (non-hydrogen) atoms. The number of anilines is 3. The summed E-state index contributed by atoms with van der Waals surface area (Å²) in [5.41, 5.74) is 8.96. The van der Waals surface area contributed by atoms with Crippen molar-refractivity contribution in [1.82, 2.24) is 0 Å². The Morgan fingerprint density at radius 2 is 1.18 bits per heavy atom. The fraction of sp³-hybridized carbons (Fsp3) is 0.0811. The van der Waals surface area contributed by atoms with Crippen molar-refractivity contribution in [1.29, 1.82) is 0 Å². The molecule has 0 spiro atoms. The second-order valence-electron chi connectivity index (χ2n) is 11.0. The minimum atomic E-state index is -0.0979. The van der Waals surface area contributed by atoms with Crippen LogP contribution in [-0.4, -0.2) is 0 Å². The third-order valence-electron chi connectivity index (χ3n) is 8.41. The maximum Gasteiger partial charge on any atom is 0.0476 e. The van der Waals surface area contributed by atoms with Crippen LogP contribution in [0.1, 0.15) is 25.0 Å². The van der Waals surface area contributed by atoms with E-state index in [9.17, 15) is 0 Å². The molecule has 1 aliphatic carbocycles. The van der Waals surface area contributed by atoms with Gasteiger partial charge in [-0.25, -0.2) is 0 Å². The third-order valence-corrected chi connectivity index (χ3v) is 9.55. The number of rotatable bonds is 3. The molecule has 6 aromatic carbocycles. The van der Waals surface area contributed by atoms with Crippen LogP contribution in [0, 0.1) is 0 Å². The Morgan fingerprint density at radius 1 is 0.513 bits per heavy atom. The van der Waals surface area contributed by atoms with Crippen LogP contribution in [0.2, 0.25) is 0 Å². The highest BCUT2D eigenvalue weighted by atomic mass is 32.1. The molecule has 2 heteroatoms. The molecule has 0 bridgehead atoms. The van der Waals surface area contributed by atoms with Gasteiger partial charge in [-0.1, -0.05) is 98.8 Å². The van der Waals surface area contributed by atoms with E-state index in [4.69, 9.17) is 0 Å². The lowest BCUT2D eigenvalue weighted by atomic mass is 9.80. The molecule has 0 saturated carbocycles. The third kappa shape index (κ3) is 3.32. The monoisotopic (exact) mass is 517 g/mol. The summed E-state index contributed by atoms with van der Waals surface area (Å²) >= 11 is 1.87. The fourth-order valence-corrected chi connectivity index (χ4v) is 7.74. The van der Waals surface area contributed by atoms with Gasteiger partial charge in [-0.05, 0) is 75.5 Å². The van der Waals surface area contributed by atoms with Crippen molar-refractivity contribution >= 4 is 59.3 Å². The van der Waals surface area contributed by atoms with Crippen molar-refractivity contribution in [3.8, 4) is 11.1 Å². The number of fused-ring (bicyclic) bond motifs is 8. The van der Waals surface area contributed by atoms with Gasteiger partial charge in [0.15, 0.2) is 0 Å². The zero-order valence-corrected chi connectivity index (χ0v) is 22.8. The van der Waals surface area contributed by atoms with Gasteiger partial charge in [0.2, 0.25) is 0 Å². The van der Waals surface area contributed by atoms with Crippen molar-refractivity contribution in [3.05, 3.63) is 139 Å². The van der Waals surface area contributed by atoms with Crippen LogP contribution in [-0.2, 0) is 5.41 Å². The van der Waals surface area contributed by atoms with Gasteiger partial charge < -0.3 is 4.90 Å². The van der Waals surface area contributed by atoms with Crippen LogP contribution in [0.3, 0.4) is 0 Å². The van der Waals surface area contributed by atoms with Crippen LogP contribution in [0.25, 0.3) is 42.1 Å². The smallest absolute Gasteiger partial charge is 0.0476 e. The zero-order valence-electron chi connectivity index (χ0n) is 22.0. The largest absolute Gasteiger partial charge is 0.310 e. The molecule has 0 unspecified atom stereocenters. The molecule has 1 aromatic heterocycles. The lowest BCUT2D eigenvalue weighted by molar-refractivity contribution is 0.666. The molecule has 0 aliphatic heterocycles. The van der Waals surface area contributed by atoms with Gasteiger partial charge in [-0.15, -0.1) is 11.3 Å². The van der Waals surface area contributed by atoms with E-state index >= 15 is 0 Å². The molecular weight excluding hydrogens is 490 g/mol. The maximum atomic E-state index is 2.42. The van der Waals surface area contributed by atoms with Gasteiger partial charge in [-0.3, -0.25) is 0 Å². The normalized spacial score (nSPS) is 13.6. The summed E-state index contributed by atoms with van der Waals surface area (Å²) in [6.07, 6.45) is 0. The van der Waals surface area contributed by atoms with E-state index in [1.165, 1.54) is 64.6 Å². The summed E-state index contributed by atoms with van der Waals surface area (Å²) in [7, 11) is 0. The zero-order chi connectivity index (χ0) is 26.1. The van der Waals surface area contributed by atoms with E-state index in [0.717, 1.165) is 5.69 Å². The molecule has 0 atom stereocenters. The molecule has 186 valence electrons. The molecule has 0 amide bonds. The van der Waals surface area contributed by atoms with E-state index in [0.29, 0.717) is 0 Å². The summed E-state index contributed by atoms with van der Waals surface area (Å²) in [5, 5.41) is 5.32. The summed E-state index contributed by atoms with van der Waals surface area (Å²) in [6.45, 7) is 4.76. The minimum absolute atomic E-state index is 0.0979. The molecular formula is C37H27NS. The Morgan fingerprint density at radius 3 is 2.05 bits per heavy atom. The predicted octanol–water partition coefficient (Wildman–Crippen LogP) is 11.0. The number of nitrogens with zero attached hydrogens (tertiary/aromatic N) is 1. The minimum Gasteiger partial charge on any atom is -0.310 e. The van der Waals surface area contributed by atoms with Crippen molar-refractivity contribution in [2.24, 2.45) is 0 Å². The Bertz CT molecular complexity index is 2050. The number of para-hydroxylation sites is 1. The number of hydrogen-bond acceptors (Lipinski definition) is 2. The SMILES string of the molecule is CC1(C)c2cc(N(c3ccccc3)c3ccc4c(c3)sc3ccccc34)ccc2-c2ccc3ccccc3c21. The van der Waals surface area contributed by atoms with Crippen molar-refractivity contribution < 1.29 is 0 Å². The second-order valence-corrected chi connectivity index (χ2v) is 12.1. The molecule has 1 aliphatic rings. The first-order valence-corrected chi connectivity index (χ1v) is 14.3. The molecule has 0 fully saturated rings. The summed E-state index contributed by atoms with van der Waals surface area (Å²) in [4.78, 5) is 2.40. The Balaban J connectivity index is 1.33. The average Bonchev–Trinajstić information content (AvgIpc) is 3.45. The lowest BCUT2D eigenvalue weighted by Crippen LogP contribution is -2.17. The van der Waals surface area contributed by atoms with Crippen molar-refractivity contribution in [2.75, 3.05) is 4.90 Å². The van der Waals surface area contributed by atoms with Gasteiger partial charge in [0.1, 0.15) is 0 Å². The van der Waals surface area contributed by atoms with E-state index in [1.807, 2.05) is 11.3 Å². The van der Waals surface area contributed by atoms with Gasteiger partial charge >= 0.3 is 0 Å². The second kappa shape index (κ2) is 8.30. The highest BCUT2D eigenvalue weighted by Gasteiger charge is 2.37. The topological polar surface area (TPSA) is 3.24 Å². The lowest BCUT2D eigenvalue weighted by Gasteiger charge is -2.28. The van der Waals surface area contributed by atoms with E-state index in [-0.39, 0.29) is 5.41 Å². The van der Waals surface area contributed by atoms with Crippen LogP contribution >= 0.6 is 11.3 Å². The quantitative estimate of drug-likeness (QED) is 0.225. The number of hydrogen-bond donors (Lipinski definition) is 0. The van der Waals surface area contributed by atoms with Gasteiger partial charge in [0.05, 0.1) is 0 Å². The van der Waals surface area contributed by atoms with Crippen LogP contribution in [0.5, 0.6) is 0 Å². The van der Waals surface area contributed by atoms with Crippen molar-refractivity contribution in [2.45, 2.75) is 19.3 Å². The molecule has 1 nitrogen and oxygen atoms in total. The number of thiophene rings is 1. The Kier molecular flexibility index (Phi) is 4.80. The first-order chi connectivity index (χ1) is 19.1. The maximum absolute atomic E-state index is 2.42.